The van der Waals surface area contributed by atoms with Crippen LogP contribution in [0, 0.1) is 0 Å². The molecule has 0 aromatic heterocycles. The highest BCUT2D eigenvalue weighted by molar-refractivity contribution is 5.98. The molecule has 1 rings (SSSR count). The zero-order chi connectivity index (χ0) is 4.57. The molecule has 0 saturated heterocycles. The molecule has 0 aromatic carbocycles. The number of nitrogens with zero attached hydrogens (tertiary/aromatic N) is 1. The van der Waals surface area contributed by atoms with Crippen LogP contribution in [0.1, 0.15) is 20.3 Å². The molecule has 1 aliphatic rings. The highest BCUT2D eigenvalue weighted by atomic mass is 14.9. The molecule has 1 heterocycles. The Morgan fingerprint density at radius 3 is 2.33 bits per heavy atom. The van der Waals surface area contributed by atoms with Gasteiger partial charge in [0.25, 0.3) is 0 Å². The Bertz CT molecular complexity index is 83.9. The van der Waals surface area contributed by atoms with Gasteiger partial charge in [0.2, 0.25) is 0 Å². The van der Waals surface area contributed by atoms with Gasteiger partial charge in [-0.1, -0.05) is 6.92 Å². The summed E-state index contributed by atoms with van der Waals surface area (Å²) in [6, 6.07) is 0.644. The summed E-state index contributed by atoms with van der Waals surface area (Å²) < 4.78 is 0. The van der Waals surface area contributed by atoms with E-state index < -0.39 is 0 Å². The third kappa shape index (κ3) is 0.445. The van der Waals surface area contributed by atoms with E-state index in [-0.39, 0.29) is 0 Å². The minimum Gasteiger partial charge on any atom is -0.283 e. The first kappa shape index (κ1) is 3.85. The molecule has 34 valence electrons. The second-order valence-corrected chi connectivity index (χ2v) is 1.69. The Labute approximate surface area is 38.1 Å². The molecule has 0 fully saturated rings. The Morgan fingerprint density at radius 2 is 2.33 bits per heavy atom. The van der Waals surface area contributed by atoms with Gasteiger partial charge in [-0.3, -0.25) is 4.99 Å². The average Bonchev–Trinajstić information content (AvgIpc) is 2.19. The van der Waals surface area contributed by atoms with Crippen LogP contribution in [0.3, 0.4) is 0 Å². The van der Waals surface area contributed by atoms with Crippen molar-refractivity contribution in [2.45, 2.75) is 26.3 Å². The molecule has 1 atom stereocenters. The van der Waals surface area contributed by atoms with Crippen LogP contribution in [0.25, 0.3) is 0 Å². The third-order valence-electron chi connectivity index (χ3n) is 1.16. The monoisotopic (exact) mass is 83.1 g/mol. The molecular formula is C5H9N. The van der Waals surface area contributed by atoms with Gasteiger partial charge in [0.1, 0.15) is 0 Å². The molecule has 0 bridgehead atoms. The van der Waals surface area contributed by atoms with E-state index in [1.165, 1.54) is 12.1 Å². The summed E-state index contributed by atoms with van der Waals surface area (Å²) in [5, 5.41) is 0. The van der Waals surface area contributed by atoms with Crippen molar-refractivity contribution in [2.75, 3.05) is 0 Å². The molecule has 1 heteroatoms. The van der Waals surface area contributed by atoms with E-state index in [0.29, 0.717) is 6.04 Å². The van der Waals surface area contributed by atoms with Gasteiger partial charge < -0.3 is 0 Å². The first-order chi connectivity index (χ1) is 2.84. The fourth-order valence-corrected chi connectivity index (χ4v) is 0.595. The molecule has 1 nitrogen and oxygen atoms in total. The lowest BCUT2D eigenvalue weighted by atomic mass is 10.3. The van der Waals surface area contributed by atoms with Crippen molar-refractivity contribution in [1.82, 2.24) is 0 Å². The minimum atomic E-state index is 0.644. The quantitative estimate of drug-likeness (QED) is 0.452. The van der Waals surface area contributed by atoms with Gasteiger partial charge in [-0.25, -0.2) is 0 Å². The molecule has 1 aliphatic heterocycles. The summed E-state index contributed by atoms with van der Waals surface area (Å²) in [5.41, 5.74) is 1.33. The van der Waals surface area contributed by atoms with E-state index in [9.17, 15) is 0 Å². The van der Waals surface area contributed by atoms with Crippen LogP contribution in [0.15, 0.2) is 4.99 Å². The molecule has 0 radical (unpaired) electrons. The van der Waals surface area contributed by atoms with Crippen LogP contribution >= 0.6 is 0 Å². The highest BCUT2D eigenvalue weighted by Crippen LogP contribution is 2.13. The summed E-state index contributed by atoms with van der Waals surface area (Å²) in [7, 11) is 0. The summed E-state index contributed by atoms with van der Waals surface area (Å²) >= 11 is 0. The van der Waals surface area contributed by atoms with Crippen LogP contribution in [0.4, 0.5) is 0 Å². The smallest absolute Gasteiger partial charge is 0.0871 e. The van der Waals surface area contributed by atoms with Crippen molar-refractivity contribution in [3.63, 3.8) is 0 Å². The zero-order valence-electron chi connectivity index (χ0n) is 4.23. The van der Waals surface area contributed by atoms with E-state index in [1.807, 2.05) is 0 Å². The molecule has 0 N–H and O–H groups in total. The maximum atomic E-state index is 4.09. The fourth-order valence-electron chi connectivity index (χ4n) is 0.595. The topological polar surface area (TPSA) is 12.4 Å². The lowest BCUT2D eigenvalue weighted by molar-refractivity contribution is 0.923. The van der Waals surface area contributed by atoms with Gasteiger partial charge >= 0.3 is 0 Å². The molecule has 0 saturated carbocycles. The molecule has 6 heavy (non-hydrogen) atoms. The van der Waals surface area contributed by atoms with Gasteiger partial charge in [0, 0.05) is 5.71 Å². The normalized spacial score (nSPS) is 29.7. The predicted molar refractivity (Wildman–Crippen MR) is 27.2 cm³/mol. The summed E-state index contributed by atoms with van der Waals surface area (Å²) in [4.78, 5) is 4.09. The maximum Gasteiger partial charge on any atom is 0.0871 e. The average molecular weight is 83.1 g/mol. The summed E-state index contributed by atoms with van der Waals surface area (Å²) in [6.45, 7) is 4.23. The van der Waals surface area contributed by atoms with Crippen molar-refractivity contribution in [1.29, 1.82) is 0 Å². The lowest BCUT2D eigenvalue weighted by Crippen LogP contribution is -1.86. The predicted octanol–water partition coefficient (Wildman–Crippen LogP) is 1.24. The van der Waals surface area contributed by atoms with Gasteiger partial charge in [-0.05, 0) is 13.3 Å². The maximum absolute atomic E-state index is 4.09. The molecule has 0 spiro atoms. The molecule has 0 aromatic rings. The van der Waals surface area contributed by atoms with Gasteiger partial charge in [0.15, 0.2) is 0 Å². The van der Waals surface area contributed by atoms with E-state index in [2.05, 4.69) is 18.8 Å². The van der Waals surface area contributed by atoms with Gasteiger partial charge in [-0.2, -0.15) is 0 Å². The molecule has 1 unspecified atom stereocenters. The minimum absolute atomic E-state index is 0.644. The van der Waals surface area contributed by atoms with Crippen LogP contribution in [0.5, 0.6) is 0 Å². The number of hydrogen-bond donors (Lipinski definition) is 0. The number of aliphatic imine (C=N–C) groups is 1. The molecular weight excluding hydrogens is 74.1 g/mol. The van der Waals surface area contributed by atoms with Crippen LogP contribution < -0.4 is 0 Å². The van der Waals surface area contributed by atoms with Crippen molar-refractivity contribution in [2.24, 2.45) is 4.99 Å². The Balaban J connectivity index is 2.18. The number of rotatable bonds is 1. The molecule has 0 amide bonds. The molecule has 0 aliphatic carbocycles. The Hall–Kier alpha value is -0.330. The fraction of sp³-hybridized carbons (Fsp3) is 0.800. The summed E-state index contributed by atoms with van der Waals surface area (Å²) in [5.74, 6) is 0. The highest BCUT2D eigenvalue weighted by Gasteiger charge is 2.18. The number of hydrogen-bond acceptors (Lipinski definition) is 1. The van der Waals surface area contributed by atoms with Gasteiger partial charge in [-0.15, -0.1) is 0 Å². The van der Waals surface area contributed by atoms with E-state index in [4.69, 9.17) is 0 Å². The largest absolute Gasteiger partial charge is 0.283 e. The van der Waals surface area contributed by atoms with Crippen LogP contribution in [-0.4, -0.2) is 11.8 Å². The van der Waals surface area contributed by atoms with E-state index in [0.717, 1.165) is 0 Å². The van der Waals surface area contributed by atoms with E-state index >= 15 is 0 Å². The van der Waals surface area contributed by atoms with Crippen molar-refractivity contribution in [3.05, 3.63) is 0 Å². The Kier molecular flexibility index (Phi) is 0.685. The lowest BCUT2D eigenvalue weighted by Gasteiger charge is -1.76. The van der Waals surface area contributed by atoms with E-state index in [1.54, 1.807) is 0 Å². The second kappa shape index (κ2) is 1.07. The SMILES string of the molecule is CCC1N=C1C. The first-order valence-corrected chi connectivity index (χ1v) is 2.39. The second-order valence-electron chi connectivity index (χ2n) is 1.69. The first-order valence-electron chi connectivity index (χ1n) is 2.39. The van der Waals surface area contributed by atoms with Crippen LogP contribution in [-0.2, 0) is 0 Å². The van der Waals surface area contributed by atoms with Crippen molar-refractivity contribution in [3.8, 4) is 0 Å². The Morgan fingerprint density at radius 1 is 1.83 bits per heavy atom. The van der Waals surface area contributed by atoms with Crippen LogP contribution in [0.2, 0.25) is 0 Å². The summed E-state index contributed by atoms with van der Waals surface area (Å²) in [6.07, 6.45) is 1.20. The van der Waals surface area contributed by atoms with Crippen molar-refractivity contribution < 1.29 is 0 Å². The van der Waals surface area contributed by atoms with Crippen molar-refractivity contribution >= 4 is 5.71 Å². The zero-order valence-corrected chi connectivity index (χ0v) is 4.23. The third-order valence-corrected chi connectivity index (χ3v) is 1.16. The standard InChI is InChI=1S/C5H9N/c1-3-5-4(2)6-5/h5H,3H2,1-2H3. The van der Waals surface area contributed by atoms with Gasteiger partial charge in [0.05, 0.1) is 6.04 Å².